The highest BCUT2D eigenvalue weighted by Crippen LogP contribution is 2.25. The molecule has 0 aliphatic carbocycles. The first-order chi connectivity index (χ1) is 13.3. The number of amides is 1. The maximum atomic E-state index is 11.9. The summed E-state index contributed by atoms with van der Waals surface area (Å²) < 4.78 is 16.3. The van der Waals surface area contributed by atoms with Crippen LogP contribution < -0.4 is 14.8 Å². The minimum Gasteiger partial charge on any atom is -0.493 e. The average molecular weight is 386 g/mol. The lowest BCUT2D eigenvalue weighted by molar-refractivity contribution is -0.118. The predicted octanol–water partition coefficient (Wildman–Crippen LogP) is 2.43. The molecule has 3 rings (SSSR count). The van der Waals surface area contributed by atoms with Crippen molar-refractivity contribution in [1.29, 1.82) is 0 Å². The third-order valence-electron chi connectivity index (χ3n) is 3.39. The Kier molecular flexibility index (Phi) is 6.64. The van der Waals surface area contributed by atoms with Crippen molar-refractivity contribution in [2.75, 3.05) is 26.0 Å². The highest BCUT2D eigenvalue weighted by Gasteiger charge is 2.11. The monoisotopic (exact) mass is 386 g/mol. The van der Waals surface area contributed by atoms with E-state index in [0.717, 1.165) is 5.56 Å². The van der Waals surface area contributed by atoms with Gasteiger partial charge in [0, 0.05) is 12.4 Å². The van der Waals surface area contributed by atoms with Crippen LogP contribution in [-0.4, -0.2) is 47.1 Å². The molecule has 3 aromatic rings. The van der Waals surface area contributed by atoms with Gasteiger partial charge in [-0.3, -0.25) is 9.78 Å². The summed E-state index contributed by atoms with van der Waals surface area (Å²) in [6.07, 6.45) is 3.30. The number of nitrogens with zero attached hydrogens (tertiary/aromatic N) is 3. The Morgan fingerprint density at radius 3 is 2.81 bits per heavy atom. The maximum Gasteiger partial charge on any atom is 0.277 e. The zero-order valence-corrected chi connectivity index (χ0v) is 15.4. The van der Waals surface area contributed by atoms with Gasteiger partial charge in [-0.25, -0.2) is 0 Å². The van der Waals surface area contributed by atoms with Gasteiger partial charge in [0.15, 0.2) is 11.5 Å². The largest absolute Gasteiger partial charge is 0.493 e. The molecule has 1 amide bonds. The molecule has 27 heavy (non-hydrogen) atoms. The molecular weight excluding hydrogens is 368 g/mol. The van der Waals surface area contributed by atoms with E-state index >= 15 is 0 Å². The fraction of sp³-hybridized carbons (Fsp3) is 0.222. The Hall–Kier alpha value is -3.07. The smallest absolute Gasteiger partial charge is 0.277 e. The normalized spacial score (nSPS) is 10.4. The van der Waals surface area contributed by atoms with Crippen molar-refractivity contribution in [3.8, 4) is 23.0 Å². The van der Waals surface area contributed by atoms with Gasteiger partial charge >= 0.3 is 0 Å². The Morgan fingerprint density at radius 2 is 2.04 bits per heavy atom. The van der Waals surface area contributed by atoms with E-state index in [1.165, 1.54) is 11.8 Å². The SMILES string of the molecule is COc1ccccc1OCCNC(=O)CSc1nnc(-c2cccnc2)o1. The van der Waals surface area contributed by atoms with E-state index in [1.54, 1.807) is 25.6 Å². The van der Waals surface area contributed by atoms with Gasteiger partial charge in [-0.2, -0.15) is 0 Å². The number of methoxy groups -OCH3 is 1. The van der Waals surface area contributed by atoms with E-state index in [9.17, 15) is 4.79 Å². The second kappa shape index (κ2) is 9.58. The summed E-state index contributed by atoms with van der Waals surface area (Å²) in [6.45, 7) is 0.713. The third kappa shape index (κ3) is 5.45. The topological polar surface area (TPSA) is 99.4 Å². The molecule has 1 N–H and O–H groups in total. The average Bonchev–Trinajstić information content (AvgIpc) is 3.20. The van der Waals surface area contributed by atoms with E-state index in [1.807, 2.05) is 30.3 Å². The number of benzene rings is 1. The summed E-state index contributed by atoms with van der Waals surface area (Å²) in [6, 6.07) is 11.0. The van der Waals surface area contributed by atoms with Crippen molar-refractivity contribution >= 4 is 17.7 Å². The summed E-state index contributed by atoms with van der Waals surface area (Å²) in [7, 11) is 1.58. The summed E-state index contributed by atoms with van der Waals surface area (Å²) in [5.41, 5.74) is 0.731. The van der Waals surface area contributed by atoms with Gasteiger partial charge in [0.2, 0.25) is 11.8 Å². The Labute approximate surface area is 160 Å². The van der Waals surface area contributed by atoms with Crippen molar-refractivity contribution in [1.82, 2.24) is 20.5 Å². The first-order valence-corrected chi connectivity index (χ1v) is 9.14. The number of carbonyl (C=O) groups is 1. The number of pyridine rings is 1. The molecular formula is C18H18N4O4S. The Bertz CT molecular complexity index is 873. The van der Waals surface area contributed by atoms with Gasteiger partial charge in [-0.05, 0) is 24.3 Å². The van der Waals surface area contributed by atoms with Gasteiger partial charge in [-0.15, -0.1) is 10.2 Å². The number of nitrogens with one attached hydrogen (secondary N) is 1. The second-order valence-electron chi connectivity index (χ2n) is 5.25. The molecule has 0 radical (unpaired) electrons. The molecule has 0 saturated carbocycles. The minimum absolute atomic E-state index is 0.148. The molecule has 0 aliphatic rings. The van der Waals surface area contributed by atoms with Crippen molar-refractivity contribution in [2.24, 2.45) is 0 Å². The van der Waals surface area contributed by atoms with Crippen LogP contribution in [0.2, 0.25) is 0 Å². The fourth-order valence-electron chi connectivity index (χ4n) is 2.14. The van der Waals surface area contributed by atoms with E-state index in [0.29, 0.717) is 35.8 Å². The van der Waals surface area contributed by atoms with E-state index in [4.69, 9.17) is 13.9 Å². The molecule has 0 bridgehead atoms. The van der Waals surface area contributed by atoms with Crippen LogP contribution in [0.25, 0.3) is 11.5 Å². The molecule has 2 heterocycles. The second-order valence-corrected chi connectivity index (χ2v) is 6.18. The van der Waals surface area contributed by atoms with Gasteiger partial charge in [0.1, 0.15) is 6.61 Å². The molecule has 2 aromatic heterocycles. The first kappa shape index (κ1) is 18.7. The third-order valence-corrected chi connectivity index (χ3v) is 4.21. The van der Waals surface area contributed by atoms with Gasteiger partial charge < -0.3 is 19.2 Å². The van der Waals surface area contributed by atoms with Crippen LogP contribution in [0.3, 0.4) is 0 Å². The van der Waals surface area contributed by atoms with Gasteiger partial charge in [0.05, 0.1) is 25.0 Å². The molecule has 0 aliphatic heterocycles. The zero-order chi connectivity index (χ0) is 18.9. The number of carbonyl (C=O) groups excluding carboxylic acids is 1. The van der Waals surface area contributed by atoms with Crippen LogP contribution in [0.15, 0.2) is 58.4 Å². The zero-order valence-electron chi connectivity index (χ0n) is 14.6. The van der Waals surface area contributed by atoms with E-state index < -0.39 is 0 Å². The summed E-state index contributed by atoms with van der Waals surface area (Å²) in [4.78, 5) is 15.9. The lowest BCUT2D eigenvalue weighted by Gasteiger charge is -2.10. The lowest BCUT2D eigenvalue weighted by Crippen LogP contribution is -2.29. The van der Waals surface area contributed by atoms with Crippen LogP contribution in [0.4, 0.5) is 0 Å². The number of thioether (sulfide) groups is 1. The number of para-hydroxylation sites is 2. The maximum absolute atomic E-state index is 11.9. The number of rotatable bonds is 9. The van der Waals surface area contributed by atoms with Crippen molar-refractivity contribution in [2.45, 2.75) is 5.22 Å². The number of hydrogen-bond acceptors (Lipinski definition) is 8. The number of ether oxygens (including phenoxy) is 2. The predicted molar refractivity (Wildman–Crippen MR) is 99.8 cm³/mol. The fourth-order valence-corrected chi connectivity index (χ4v) is 2.73. The van der Waals surface area contributed by atoms with Crippen LogP contribution in [0.1, 0.15) is 0 Å². The first-order valence-electron chi connectivity index (χ1n) is 8.15. The summed E-state index contributed by atoms with van der Waals surface area (Å²) >= 11 is 1.17. The van der Waals surface area contributed by atoms with Crippen LogP contribution in [-0.2, 0) is 4.79 Å². The van der Waals surface area contributed by atoms with Crippen molar-refractivity contribution < 1.29 is 18.7 Å². The standard InChI is InChI=1S/C18H18N4O4S/c1-24-14-6-2-3-7-15(14)25-10-9-20-16(23)12-27-18-22-21-17(26-18)13-5-4-8-19-11-13/h2-8,11H,9-10,12H2,1H3,(H,20,23). The van der Waals surface area contributed by atoms with E-state index in [-0.39, 0.29) is 11.7 Å². The van der Waals surface area contributed by atoms with Crippen LogP contribution >= 0.6 is 11.8 Å². The number of hydrogen-bond donors (Lipinski definition) is 1. The van der Waals surface area contributed by atoms with Crippen LogP contribution in [0, 0.1) is 0 Å². The molecule has 1 aromatic carbocycles. The Balaban J connectivity index is 1.38. The molecule has 0 atom stereocenters. The van der Waals surface area contributed by atoms with E-state index in [2.05, 4.69) is 20.5 Å². The quantitative estimate of drug-likeness (QED) is 0.442. The molecule has 0 fully saturated rings. The highest BCUT2D eigenvalue weighted by molar-refractivity contribution is 7.99. The van der Waals surface area contributed by atoms with Crippen LogP contribution in [0.5, 0.6) is 11.5 Å². The molecule has 0 unspecified atom stereocenters. The highest BCUT2D eigenvalue weighted by atomic mass is 32.2. The van der Waals surface area contributed by atoms with Crippen molar-refractivity contribution in [3.05, 3.63) is 48.8 Å². The molecule has 8 nitrogen and oxygen atoms in total. The number of aromatic nitrogens is 3. The Morgan fingerprint density at radius 1 is 1.19 bits per heavy atom. The van der Waals surface area contributed by atoms with Gasteiger partial charge in [-0.1, -0.05) is 23.9 Å². The lowest BCUT2D eigenvalue weighted by atomic mass is 10.3. The molecule has 0 saturated heterocycles. The van der Waals surface area contributed by atoms with Gasteiger partial charge in [0.25, 0.3) is 5.22 Å². The minimum atomic E-state index is -0.148. The summed E-state index contributed by atoms with van der Waals surface area (Å²) in [5, 5.41) is 11.0. The molecule has 140 valence electrons. The van der Waals surface area contributed by atoms with Crippen molar-refractivity contribution in [3.63, 3.8) is 0 Å². The molecule has 0 spiro atoms. The summed E-state index contributed by atoms with van der Waals surface area (Å²) in [5.74, 6) is 1.68. The molecule has 9 heteroatoms.